The normalized spacial score (nSPS) is 15.0. The Bertz CT molecular complexity index is 876. The van der Waals surface area contributed by atoms with Crippen molar-refractivity contribution >= 4 is 17.7 Å². The quantitative estimate of drug-likeness (QED) is 0.702. The van der Waals surface area contributed by atoms with Gasteiger partial charge in [0, 0.05) is 13.1 Å². The zero-order valence-corrected chi connectivity index (χ0v) is 18.4. The number of hydrogen-bond donors (Lipinski definition) is 1. The summed E-state index contributed by atoms with van der Waals surface area (Å²) in [5.74, 6) is 0.124. The van der Waals surface area contributed by atoms with Gasteiger partial charge in [-0.25, -0.2) is 9.59 Å². The summed E-state index contributed by atoms with van der Waals surface area (Å²) in [6.45, 7) is 8.12. The number of hydrogen-bond acceptors (Lipinski definition) is 3. The first-order chi connectivity index (χ1) is 14.3. The molecule has 0 aliphatic carbocycles. The molecule has 0 aromatic heterocycles. The van der Waals surface area contributed by atoms with Crippen molar-refractivity contribution in [1.29, 1.82) is 0 Å². The molecular weight excluding hydrogens is 376 g/mol. The van der Waals surface area contributed by atoms with Gasteiger partial charge in [0.05, 0.1) is 18.4 Å². The first kappa shape index (κ1) is 21.9. The van der Waals surface area contributed by atoms with Crippen molar-refractivity contribution < 1.29 is 14.3 Å². The van der Waals surface area contributed by atoms with Gasteiger partial charge in [-0.3, -0.25) is 0 Å². The molecule has 30 heavy (non-hydrogen) atoms. The van der Waals surface area contributed by atoms with E-state index in [4.69, 9.17) is 4.74 Å². The molecule has 1 heterocycles. The SMILES string of the molecule is COC(=O)c1ccccc1NC(=O)N1CCC(Cc2ccc(C(C)(C)C)cc2)CC1. The van der Waals surface area contributed by atoms with Crippen LogP contribution in [0.3, 0.4) is 0 Å². The molecule has 2 aromatic rings. The fraction of sp³-hybridized carbons (Fsp3) is 0.440. The number of carbonyl (C=O) groups excluding carboxylic acids is 2. The third kappa shape index (κ3) is 5.41. The van der Waals surface area contributed by atoms with E-state index in [1.54, 1.807) is 24.3 Å². The van der Waals surface area contributed by atoms with Gasteiger partial charge in [0.2, 0.25) is 0 Å². The lowest BCUT2D eigenvalue weighted by Gasteiger charge is -2.32. The van der Waals surface area contributed by atoms with Crippen LogP contribution in [0.1, 0.15) is 55.1 Å². The number of amides is 2. The van der Waals surface area contributed by atoms with Crippen LogP contribution >= 0.6 is 0 Å². The summed E-state index contributed by atoms with van der Waals surface area (Å²) in [7, 11) is 1.34. The third-order valence-electron chi connectivity index (χ3n) is 5.82. The molecule has 5 nitrogen and oxygen atoms in total. The van der Waals surface area contributed by atoms with Crippen molar-refractivity contribution in [2.45, 2.75) is 45.4 Å². The first-order valence-electron chi connectivity index (χ1n) is 10.6. The lowest BCUT2D eigenvalue weighted by atomic mass is 9.85. The van der Waals surface area contributed by atoms with E-state index in [0.717, 1.165) is 32.4 Å². The highest BCUT2D eigenvalue weighted by atomic mass is 16.5. The number of likely N-dealkylation sites (tertiary alicyclic amines) is 1. The minimum Gasteiger partial charge on any atom is -0.465 e. The Labute approximate surface area is 179 Å². The summed E-state index contributed by atoms with van der Waals surface area (Å²) in [5, 5.41) is 2.87. The van der Waals surface area contributed by atoms with Gasteiger partial charge >= 0.3 is 12.0 Å². The van der Waals surface area contributed by atoms with E-state index < -0.39 is 5.97 Å². The van der Waals surface area contributed by atoms with Crippen LogP contribution in [0.15, 0.2) is 48.5 Å². The first-order valence-corrected chi connectivity index (χ1v) is 10.6. The van der Waals surface area contributed by atoms with Crippen LogP contribution in [0.5, 0.6) is 0 Å². The van der Waals surface area contributed by atoms with Crippen molar-refractivity contribution in [3.63, 3.8) is 0 Å². The molecule has 2 aromatic carbocycles. The van der Waals surface area contributed by atoms with E-state index >= 15 is 0 Å². The number of methoxy groups -OCH3 is 1. The summed E-state index contributed by atoms with van der Waals surface area (Å²) in [5.41, 5.74) is 3.73. The molecular formula is C25H32N2O3. The van der Waals surface area contributed by atoms with E-state index in [-0.39, 0.29) is 11.4 Å². The molecule has 0 radical (unpaired) electrons. The zero-order valence-electron chi connectivity index (χ0n) is 18.4. The molecule has 1 aliphatic rings. The van der Waals surface area contributed by atoms with Crippen LogP contribution in [0.25, 0.3) is 0 Å². The number of piperidine rings is 1. The molecule has 0 unspecified atom stereocenters. The number of urea groups is 1. The minimum atomic E-state index is -0.456. The number of nitrogens with zero attached hydrogens (tertiary/aromatic N) is 1. The Hall–Kier alpha value is -2.82. The number of para-hydroxylation sites is 1. The van der Waals surface area contributed by atoms with Gasteiger partial charge in [-0.2, -0.15) is 0 Å². The van der Waals surface area contributed by atoms with E-state index in [1.807, 2.05) is 4.90 Å². The van der Waals surface area contributed by atoms with Crippen molar-refractivity contribution in [2.75, 3.05) is 25.5 Å². The van der Waals surface area contributed by atoms with Crippen molar-refractivity contribution in [2.24, 2.45) is 5.92 Å². The van der Waals surface area contributed by atoms with Gasteiger partial charge in [0.15, 0.2) is 0 Å². The molecule has 5 heteroatoms. The second-order valence-corrected chi connectivity index (χ2v) is 9.05. The number of esters is 1. The lowest BCUT2D eigenvalue weighted by molar-refractivity contribution is 0.0602. The van der Waals surface area contributed by atoms with Crippen molar-refractivity contribution in [1.82, 2.24) is 4.90 Å². The maximum absolute atomic E-state index is 12.7. The highest BCUT2D eigenvalue weighted by Crippen LogP contribution is 2.26. The second kappa shape index (κ2) is 9.33. The smallest absolute Gasteiger partial charge is 0.339 e. The molecule has 0 spiro atoms. The Morgan fingerprint density at radius 2 is 1.67 bits per heavy atom. The predicted octanol–water partition coefficient (Wildman–Crippen LogP) is 5.26. The van der Waals surface area contributed by atoms with Crippen LogP contribution in [-0.2, 0) is 16.6 Å². The average Bonchev–Trinajstić information content (AvgIpc) is 2.74. The van der Waals surface area contributed by atoms with Crippen LogP contribution in [0, 0.1) is 5.92 Å². The number of benzene rings is 2. The number of ether oxygens (including phenoxy) is 1. The van der Waals surface area contributed by atoms with Crippen molar-refractivity contribution in [3.8, 4) is 0 Å². The maximum Gasteiger partial charge on any atom is 0.339 e. The van der Waals surface area contributed by atoms with Crippen LogP contribution in [0.2, 0.25) is 0 Å². The number of nitrogens with one attached hydrogen (secondary N) is 1. The fourth-order valence-electron chi connectivity index (χ4n) is 3.89. The summed E-state index contributed by atoms with van der Waals surface area (Å²) in [6.07, 6.45) is 3.01. The predicted molar refractivity (Wildman–Crippen MR) is 120 cm³/mol. The zero-order chi connectivity index (χ0) is 21.7. The molecule has 0 bridgehead atoms. The van der Waals surface area contributed by atoms with Crippen LogP contribution in [0.4, 0.5) is 10.5 Å². The monoisotopic (exact) mass is 408 g/mol. The molecule has 160 valence electrons. The molecule has 1 aliphatic heterocycles. The molecule has 3 rings (SSSR count). The van der Waals surface area contributed by atoms with Gasteiger partial charge in [-0.05, 0) is 53.9 Å². The Kier molecular flexibility index (Phi) is 6.80. The number of anilines is 1. The lowest BCUT2D eigenvalue weighted by Crippen LogP contribution is -2.41. The van der Waals surface area contributed by atoms with Gasteiger partial charge in [-0.1, -0.05) is 57.2 Å². The summed E-state index contributed by atoms with van der Waals surface area (Å²) in [6, 6.07) is 15.7. The summed E-state index contributed by atoms with van der Waals surface area (Å²) >= 11 is 0. The van der Waals surface area contributed by atoms with Crippen molar-refractivity contribution in [3.05, 3.63) is 65.2 Å². The fourth-order valence-corrected chi connectivity index (χ4v) is 3.89. The molecule has 1 N–H and O–H groups in total. The summed E-state index contributed by atoms with van der Waals surface area (Å²) < 4.78 is 4.80. The largest absolute Gasteiger partial charge is 0.465 e. The second-order valence-electron chi connectivity index (χ2n) is 9.05. The van der Waals surface area contributed by atoms with Crippen LogP contribution < -0.4 is 5.32 Å². The highest BCUT2D eigenvalue weighted by Gasteiger charge is 2.24. The molecule has 0 saturated carbocycles. The molecule has 1 saturated heterocycles. The third-order valence-corrected chi connectivity index (χ3v) is 5.82. The molecule has 1 fully saturated rings. The summed E-state index contributed by atoms with van der Waals surface area (Å²) in [4.78, 5) is 26.4. The van der Waals surface area contributed by atoms with E-state index in [1.165, 1.54) is 18.2 Å². The Balaban J connectivity index is 1.53. The highest BCUT2D eigenvalue weighted by molar-refractivity contribution is 6.00. The van der Waals surface area contributed by atoms with Gasteiger partial charge in [0.1, 0.15) is 0 Å². The number of carbonyl (C=O) groups is 2. The Morgan fingerprint density at radius 3 is 2.27 bits per heavy atom. The minimum absolute atomic E-state index is 0.167. The van der Waals surface area contributed by atoms with Gasteiger partial charge < -0.3 is 15.0 Å². The van der Waals surface area contributed by atoms with E-state index in [0.29, 0.717) is 17.2 Å². The number of rotatable bonds is 4. The topological polar surface area (TPSA) is 58.6 Å². The van der Waals surface area contributed by atoms with Gasteiger partial charge in [-0.15, -0.1) is 0 Å². The molecule has 2 amide bonds. The standard InChI is InChI=1S/C25H32N2O3/c1-25(2,3)20-11-9-18(10-12-20)17-19-13-15-27(16-14-19)24(29)26-22-8-6-5-7-21(22)23(28)30-4/h5-12,19H,13-17H2,1-4H3,(H,26,29). The maximum atomic E-state index is 12.7. The van der Waals surface area contributed by atoms with Crippen LogP contribution in [-0.4, -0.2) is 37.1 Å². The van der Waals surface area contributed by atoms with Gasteiger partial charge in [0.25, 0.3) is 0 Å². The Morgan fingerprint density at radius 1 is 1.03 bits per heavy atom. The average molecular weight is 409 g/mol. The van der Waals surface area contributed by atoms with E-state index in [9.17, 15) is 9.59 Å². The molecule has 0 atom stereocenters. The van der Waals surface area contributed by atoms with E-state index in [2.05, 4.69) is 50.4 Å².